The first kappa shape index (κ1) is 19.2. The number of amides is 1. The first-order valence-electron chi connectivity index (χ1n) is 10.5. The molecule has 2 aromatic heterocycles. The molecule has 31 heavy (non-hydrogen) atoms. The van der Waals surface area contributed by atoms with Crippen molar-refractivity contribution >= 4 is 22.6 Å². The Balaban J connectivity index is 1.18. The van der Waals surface area contributed by atoms with Crippen LogP contribution in [0.4, 0.5) is 5.82 Å². The Morgan fingerprint density at radius 1 is 1.10 bits per heavy atom. The van der Waals surface area contributed by atoms with Gasteiger partial charge in [-0.2, -0.15) is 5.10 Å². The highest BCUT2D eigenvalue weighted by molar-refractivity contribution is 5.98. The van der Waals surface area contributed by atoms with Crippen LogP contribution >= 0.6 is 0 Å². The van der Waals surface area contributed by atoms with Crippen LogP contribution in [0.2, 0.25) is 0 Å². The molecule has 1 amide bonds. The van der Waals surface area contributed by atoms with Gasteiger partial charge in [0, 0.05) is 42.5 Å². The number of benzene rings is 2. The van der Waals surface area contributed by atoms with Crippen LogP contribution in [-0.4, -0.2) is 47.3 Å². The fourth-order valence-electron chi connectivity index (χ4n) is 4.10. The van der Waals surface area contributed by atoms with Gasteiger partial charge in [0.25, 0.3) is 5.91 Å². The number of fused-ring (bicyclic) bond motifs is 1. The second-order valence-electron chi connectivity index (χ2n) is 7.88. The molecular weight excluding hydrogens is 390 g/mol. The first-order chi connectivity index (χ1) is 15.2. The van der Waals surface area contributed by atoms with Gasteiger partial charge < -0.3 is 19.9 Å². The number of anilines is 1. The average molecular weight is 415 g/mol. The lowest BCUT2D eigenvalue weighted by Crippen LogP contribution is -2.44. The van der Waals surface area contributed by atoms with Crippen LogP contribution in [0.25, 0.3) is 22.2 Å². The van der Waals surface area contributed by atoms with Gasteiger partial charge in [-0.25, -0.2) is 0 Å². The molecule has 0 aliphatic carbocycles. The maximum absolute atomic E-state index is 12.7. The quantitative estimate of drug-likeness (QED) is 0.460. The van der Waals surface area contributed by atoms with Gasteiger partial charge >= 0.3 is 0 Å². The standard InChI is InChI=1S/C24H25N5O2/c1-31-20-6-4-16(5-7-20)22-15-23(28-27-22)29-12-9-19(10-13-29)26-24(30)18-3-2-17-8-11-25-21(17)14-18/h2-8,11,14-15,19,25H,9-10,12-13H2,1H3,(H,26,30)(H,27,28). The molecule has 2 aromatic carbocycles. The predicted molar refractivity (Wildman–Crippen MR) is 122 cm³/mol. The largest absolute Gasteiger partial charge is 0.497 e. The second kappa shape index (κ2) is 8.18. The summed E-state index contributed by atoms with van der Waals surface area (Å²) in [7, 11) is 1.66. The van der Waals surface area contributed by atoms with E-state index in [9.17, 15) is 4.79 Å². The predicted octanol–water partition coefficient (Wildman–Crippen LogP) is 3.97. The molecule has 0 radical (unpaired) electrons. The van der Waals surface area contributed by atoms with Crippen molar-refractivity contribution in [3.05, 3.63) is 66.4 Å². The number of H-pyrrole nitrogens is 2. The minimum atomic E-state index is -0.0171. The summed E-state index contributed by atoms with van der Waals surface area (Å²) in [6, 6.07) is 17.9. The lowest BCUT2D eigenvalue weighted by molar-refractivity contribution is 0.0931. The Hall–Kier alpha value is -3.74. The van der Waals surface area contributed by atoms with Gasteiger partial charge in [0.05, 0.1) is 12.8 Å². The first-order valence-corrected chi connectivity index (χ1v) is 10.5. The zero-order chi connectivity index (χ0) is 21.2. The van der Waals surface area contributed by atoms with Gasteiger partial charge in [0.15, 0.2) is 5.82 Å². The monoisotopic (exact) mass is 415 g/mol. The van der Waals surface area contributed by atoms with E-state index in [4.69, 9.17) is 4.74 Å². The van der Waals surface area contributed by atoms with Crippen LogP contribution in [-0.2, 0) is 0 Å². The van der Waals surface area contributed by atoms with Crippen molar-refractivity contribution in [3.8, 4) is 17.0 Å². The summed E-state index contributed by atoms with van der Waals surface area (Å²) in [5.74, 6) is 1.75. The molecule has 158 valence electrons. The summed E-state index contributed by atoms with van der Waals surface area (Å²) in [4.78, 5) is 18.1. The van der Waals surface area contributed by atoms with E-state index >= 15 is 0 Å². The van der Waals surface area contributed by atoms with Crippen LogP contribution in [0.3, 0.4) is 0 Å². The molecule has 7 heteroatoms. The maximum atomic E-state index is 12.7. The van der Waals surface area contributed by atoms with Crippen molar-refractivity contribution in [2.75, 3.05) is 25.1 Å². The van der Waals surface area contributed by atoms with Crippen molar-refractivity contribution in [1.29, 1.82) is 0 Å². The Morgan fingerprint density at radius 3 is 2.68 bits per heavy atom. The number of carbonyl (C=O) groups excluding carboxylic acids is 1. The number of hydrogen-bond acceptors (Lipinski definition) is 4. The highest BCUT2D eigenvalue weighted by Gasteiger charge is 2.23. The molecule has 0 unspecified atom stereocenters. The second-order valence-corrected chi connectivity index (χ2v) is 7.88. The van der Waals surface area contributed by atoms with E-state index in [1.165, 1.54) is 0 Å². The normalized spacial score (nSPS) is 14.7. The van der Waals surface area contributed by atoms with Gasteiger partial charge in [0.1, 0.15) is 5.75 Å². The number of methoxy groups -OCH3 is 1. The van der Waals surface area contributed by atoms with Gasteiger partial charge in [-0.1, -0.05) is 6.07 Å². The molecule has 0 saturated carbocycles. The molecule has 0 atom stereocenters. The Labute approximate surface area is 180 Å². The third-order valence-corrected chi connectivity index (χ3v) is 5.94. The third-order valence-electron chi connectivity index (χ3n) is 5.94. The van der Waals surface area contributed by atoms with E-state index in [2.05, 4.69) is 31.5 Å². The molecule has 1 saturated heterocycles. The highest BCUT2D eigenvalue weighted by atomic mass is 16.5. The molecule has 7 nitrogen and oxygen atoms in total. The Morgan fingerprint density at radius 2 is 1.90 bits per heavy atom. The minimum absolute atomic E-state index is 0.0171. The number of piperidine rings is 1. The number of nitrogens with one attached hydrogen (secondary N) is 3. The van der Waals surface area contributed by atoms with Crippen LogP contribution < -0.4 is 15.0 Å². The number of aromatic nitrogens is 3. The lowest BCUT2D eigenvalue weighted by Gasteiger charge is -2.32. The van der Waals surface area contributed by atoms with E-state index in [0.29, 0.717) is 5.56 Å². The van der Waals surface area contributed by atoms with Gasteiger partial charge in [-0.3, -0.25) is 9.89 Å². The van der Waals surface area contributed by atoms with E-state index in [0.717, 1.165) is 59.7 Å². The van der Waals surface area contributed by atoms with Crippen molar-refractivity contribution in [2.45, 2.75) is 18.9 Å². The van der Waals surface area contributed by atoms with E-state index < -0.39 is 0 Å². The fraction of sp³-hybridized carbons (Fsp3) is 0.250. The molecule has 3 N–H and O–H groups in total. The summed E-state index contributed by atoms with van der Waals surface area (Å²) in [5, 5.41) is 11.9. The molecular formula is C24H25N5O2. The summed E-state index contributed by atoms with van der Waals surface area (Å²) in [6.07, 6.45) is 3.67. The zero-order valence-electron chi connectivity index (χ0n) is 17.4. The molecule has 1 aliphatic heterocycles. The smallest absolute Gasteiger partial charge is 0.251 e. The van der Waals surface area contributed by atoms with Gasteiger partial charge in [0.2, 0.25) is 0 Å². The van der Waals surface area contributed by atoms with Crippen LogP contribution in [0.1, 0.15) is 23.2 Å². The van der Waals surface area contributed by atoms with Crippen molar-refractivity contribution < 1.29 is 9.53 Å². The Bertz CT molecular complexity index is 1190. The number of rotatable bonds is 5. The van der Waals surface area contributed by atoms with Crippen LogP contribution in [0.5, 0.6) is 5.75 Å². The van der Waals surface area contributed by atoms with Crippen molar-refractivity contribution in [3.63, 3.8) is 0 Å². The number of carbonyl (C=O) groups is 1. The molecule has 0 bridgehead atoms. The lowest BCUT2D eigenvalue weighted by atomic mass is 10.0. The van der Waals surface area contributed by atoms with Crippen LogP contribution in [0, 0.1) is 0 Å². The maximum Gasteiger partial charge on any atom is 0.251 e. The van der Waals surface area contributed by atoms with Crippen LogP contribution in [0.15, 0.2) is 60.8 Å². The number of hydrogen-bond donors (Lipinski definition) is 3. The number of nitrogens with zero attached hydrogens (tertiary/aromatic N) is 2. The summed E-state index contributed by atoms with van der Waals surface area (Å²) < 4.78 is 5.22. The van der Waals surface area contributed by atoms with Crippen molar-refractivity contribution in [1.82, 2.24) is 20.5 Å². The van der Waals surface area contributed by atoms with E-state index in [1.54, 1.807) is 7.11 Å². The van der Waals surface area contributed by atoms with E-state index in [1.807, 2.05) is 54.7 Å². The SMILES string of the molecule is COc1ccc(-c2cc(N3CCC(NC(=O)c4ccc5cc[nH]c5c4)CC3)n[nH]2)cc1. The minimum Gasteiger partial charge on any atom is -0.497 e. The molecule has 4 aromatic rings. The van der Waals surface area contributed by atoms with Crippen molar-refractivity contribution in [2.24, 2.45) is 0 Å². The third kappa shape index (κ3) is 3.99. The zero-order valence-corrected chi connectivity index (χ0v) is 17.4. The molecule has 1 aliphatic rings. The fourth-order valence-corrected chi connectivity index (χ4v) is 4.10. The summed E-state index contributed by atoms with van der Waals surface area (Å²) in [5.41, 5.74) is 3.72. The average Bonchev–Trinajstić information content (AvgIpc) is 3.49. The number of ether oxygens (including phenoxy) is 1. The van der Waals surface area contributed by atoms with Gasteiger partial charge in [-0.05, 0) is 66.3 Å². The Kier molecular flexibility index (Phi) is 5.08. The molecule has 0 spiro atoms. The topological polar surface area (TPSA) is 86.0 Å². The molecule has 3 heterocycles. The molecule has 1 fully saturated rings. The van der Waals surface area contributed by atoms with E-state index in [-0.39, 0.29) is 11.9 Å². The molecule has 5 rings (SSSR count). The summed E-state index contributed by atoms with van der Waals surface area (Å²) in [6.45, 7) is 1.71. The van der Waals surface area contributed by atoms with Gasteiger partial charge in [-0.15, -0.1) is 0 Å². The number of aromatic amines is 2. The summed E-state index contributed by atoms with van der Waals surface area (Å²) >= 11 is 0. The highest BCUT2D eigenvalue weighted by Crippen LogP contribution is 2.26.